The van der Waals surface area contributed by atoms with Crippen LogP contribution in [0.3, 0.4) is 0 Å². The number of benzene rings is 1. The first-order valence-corrected chi connectivity index (χ1v) is 8.98. The minimum Gasteiger partial charge on any atom is -0.464 e. The number of carbonyl (C=O) groups is 1. The minimum atomic E-state index is 0.0479. The number of hydrogen-bond donors (Lipinski definition) is 0. The average molecular weight is 349 g/mol. The molecule has 1 fully saturated rings. The topological polar surface area (TPSA) is 47.4 Å². The van der Waals surface area contributed by atoms with E-state index < -0.39 is 0 Å². The number of nitrogens with zero attached hydrogens (tertiary/aromatic N) is 3. The highest BCUT2D eigenvalue weighted by Crippen LogP contribution is 2.32. The van der Waals surface area contributed by atoms with Gasteiger partial charge in [-0.25, -0.2) is 0 Å². The first-order valence-electron chi connectivity index (χ1n) is 8.98. The van der Waals surface area contributed by atoms with Gasteiger partial charge in [-0.05, 0) is 44.9 Å². The standard InChI is InChI=1S/C21H23N3O2/c1-14-19(15(2)23(3)22-14)13-24(18-8-9-18)21(25)17-10-11-26-20-7-5-4-6-16(20)12-17/h4-7,10-12,18H,8-9,13H2,1-3H3. The monoisotopic (exact) mass is 349 g/mol. The Kier molecular flexibility index (Phi) is 4.15. The summed E-state index contributed by atoms with van der Waals surface area (Å²) >= 11 is 0. The summed E-state index contributed by atoms with van der Waals surface area (Å²) in [6.07, 6.45) is 7.41. The maximum atomic E-state index is 13.3. The fraction of sp³-hybridized carbons (Fsp3) is 0.333. The maximum Gasteiger partial charge on any atom is 0.254 e. The van der Waals surface area contributed by atoms with Crippen molar-refractivity contribution in [2.75, 3.05) is 0 Å². The summed E-state index contributed by atoms with van der Waals surface area (Å²) < 4.78 is 7.51. The zero-order valence-electron chi connectivity index (χ0n) is 15.4. The second-order valence-corrected chi connectivity index (χ2v) is 7.00. The molecule has 5 heteroatoms. The van der Waals surface area contributed by atoms with Crippen LogP contribution in [0.4, 0.5) is 0 Å². The smallest absolute Gasteiger partial charge is 0.254 e. The van der Waals surface area contributed by atoms with E-state index in [2.05, 4.69) is 12.0 Å². The molecule has 26 heavy (non-hydrogen) atoms. The molecule has 1 aromatic heterocycles. The van der Waals surface area contributed by atoms with Crippen molar-refractivity contribution in [3.63, 3.8) is 0 Å². The Labute approximate surface area is 153 Å². The Balaban J connectivity index is 1.65. The molecule has 1 aliphatic heterocycles. The van der Waals surface area contributed by atoms with Gasteiger partial charge >= 0.3 is 0 Å². The van der Waals surface area contributed by atoms with E-state index in [1.54, 1.807) is 12.3 Å². The molecule has 1 saturated carbocycles. The third-order valence-electron chi connectivity index (χ3n) is 5.16. The largest absolute Gasteiger partial charge is 0.464 e. The second kappa shape index (κ2) is 6.48. The first-order chi connectivity index (χ1) is 12.5. The molecular weight excluding hydrogens is 326 g/mol. The van der Waals surface area contributed by atoms with Crippen LogP contribution in [0, 0.1) is 13.8 Å². The van der Waals surface area contributed by atoms with Gasteiger partial charge in [0.25, 0.3) is 5.91 Å². The number of ether oxygens (including phenoxy) is 1. The zero-order chi connectivity index (χ0) is 18.3. The number of fused-ring (bicyclic) bond motifs is 1. The molecule has 0 saturated heterocycles. The van der Waals surface area contributed by atoms with Crippen molar-refractivity contribution in [1.29, 1.82) is 0 Å². The SMILES string of the molecule is Cc1nn(C)c(C)c1CN(C(=O)C1=Cc2ccccc2OC=C1)C1CC1. The number of para-hydroxylation sites is 1. The van der Waals surface area contributed by atoms with Gasteiger partial charge in [0, 0.05) is 42.0 Å². The van der Waals surface area contributed by atoms with E-state index in [9.17, 15) is 4.79 Å². The Morgan fingerprint density at radius 2 is 2.08 bits per heavy atom. The van der Waals surface area contributed by atoms with Gasteiger partial charge in [-0.1, -0.05) is 18.2 Å². The number of amides is 1. The Bertz CT molecular complexity index is 919. The third kappa shape index (κ3) is 3.05. The molecule has 134 valence electrons. The first kappa shape index (κ1) is 16.6. The summed E-state index contributed by atoms with van der Waals surface area (Å²) in [7, 11) is 1.94. The summed E-state index contributed by atoms with van der Waals surface area (Å²) in [5, 5.41) is 4.49. The van der Waals surface area contributed by atoms with Crippen molar-refractivity contribution in [3.8, 4) is 5.75 Å². The second-order valence-electron chi connectivity index (χ2n) is 7.00. The molecule has 0 radical (unpaired) electrons. The summed E-state index contributed by atoms with van der Waals surface area (Å²) in [6.45, 7) is 4.66. The number of aryl methyl sites for hydroxylation is 2. The van der Waals surface area contributed by atoms with Crippen molar-refractivity contribution in [1.82, 2.24) is 14.7 Å². The van der Waals surface area contributed by atoms with E-state index in [0.717, 1.165) is 41.1 Å². The lowest BCUT2D eigenvalue weighted by Crippen LogP contribution is -2.33. The molecule has 1 aliphatic carbocycles. The van der Waals surface area contributed by atoms with Crippen molar-refractivity contribution in [2.45, 2.75) is 39.3 Å². The molecule has 0 atom stereocenters. The highest BCUT2D eigenvalue weighted by molar-refractivity contribution is 6.01. The highest BCUT2D eigenvalue weighted by Gasteiger charge is 2.34. The van der Waals surface area contributed by atoms with E-state index in [0.29, 0.717) is 18.2 Å². The summed E-state index contributed by atoms with van der Waals surface area (Å²) in [5.74, 6) is 0.815. The summed E-state index contributed by atoms with van der Waals surface area (Å²) in [5.41, 5.74) is 4.82. The van der Waals surface area contributed by atoms with Crippen LogP contribution in [0.5, 0.6) is 5.75 Å². The predicted molar refractivity (Wildman–Crippen MR) is 100 cm³/mol. The van der Waals surface area contributed by atoms with Gasteiger partial charge in [0.1, 0.15) is 5.75 Å². The van der Waals surface area contributed by atoms with Gasteiger partial charge in [-0.15, -0.1) is 0 Å². The molecule has 0 spiro atoms. The number of hydrogen-bond acceptors (Lipinski definition) is 3. The number of carbonyl (C=O) groups excluding carboxylic acids is 1. The van der Waals surface area contributed by atoms with Crippen LogP contribution in [0.1, 0.15) is 35.4 Å². The van der Waals surface area contributed by atoms with Gasteiger partial charge in [0.05, 0.1) is 12.0 Å². The zero-order valence-corrected chi connectivity index (χ0v) is 15.4. The maximum absolute atomic E-state index is 13.3. The van der Waals surface area contributed by atoms with Crippen LogP contribution in [0.2, 0.25) is 0 Å². The van der Waals surface area contributed by atoms with E-state index in [4.69, 9.17) is 4.74 Å². The minimum absolute atomic E-state index is 0.0479. The molecule has 2 heterocycles. The molecule has 2 aromatic rings. The van der Waals surface area contributed by atoms with Crippen molar-refractivity contribution < 1.29 is 9.53 Å². The molecule has 5 nitrogen and oxygen atoms in total. The predicted octanol–water partition coefficient (Wildman–Crippen LogP) is 3.52. The van der Waals surface area contributed by atoms with Crippen molar-refractivity contribution in [3.05, 3.63) is 64.7 Å². The lowest BCUT2D eigenvalue weighted by molar-refractivity contribution is -0.127. The lowest BCUT2D eigenvalue weighted by atomic mass is 10.1. The van der Waals surface area contributed by atoms with Crippen LogP contribution in [-0.2, 0) is 18.4 Å². The molecule has 0 unspecified atom stereocenters. The quantitative estimate of drug-likeness (QED) is 0.848. The lowest BCUT2D eigenvalue weighted by Gasteiger charge is -2.23. The molecule has 2 aliphatic rings. The Morgan fingerprint density at radius 3 is 2.77 bits per heavy atom. The van der Waals surface area contributed by atoms with Gasteiger partial charge in [-0.2, -0.15) is 5.10 Å². The van der Waals surface area contributed by atoms with Gasteiger partial charge in [-0.3, -0.25) is 9.48 Å². The average Bonchev–Trinajstić information content (AvgIpc) is 3.44. The molecule has 0 N–H and O–H groups in total. The normalized spacial score (nSPS) is 15.7. The van der Waals surface area contributed by atoms with E-state index in [-0.39, 0.29) is 5.91 Å². The van der Waals surface area contributed by atoms with E-state index >= 15 is 0 Å². The van der Waals surface area contributed by atoms with Crippen LogP contribution in [-0.4, -0.2) is 26.6 Å². The van der Waals surface area contributed by atoms with Crippen molar-refractivity contribution in [2.24, 2.45) is 7.05 Å². The molecule has 1 amide bonds. The van der Waals surface area contributed by atoms with Crippen LogP contribution < -0.4 is 4.74 Å². The third-order valence-corrected chi connectivity index (χ3v) is 5.16. The van der Waals surface area contributed by atoms with Crippen molar-refractivity contribution >= 4 is 12.0 Å². The fourth-order valence-corrected chi connectivity index (χ4v) is 3.37. The fourth-order valence-electron chi connectivity index (χ4n) is 3.37. The van der Waals surface area contributed by atoms with Gasteiger partial charge in [0.15, 0.2) is 0 Å². The van der Waals surface area contributed by atoms with Crippen LogP contribution in [0.15, 0.2) is 42.2 Å². The number of rotatable bonds is 4. The van der Waals surface area contributed by atoms with Gasteiger partial charge < -0.3 is 9.64 Å². The van der Waals surface area contributed by atoms with E-state index in [1.165, 1.54) is 0 Å². The summed E-state index contributed by atoms with van der Waals surface area (Å²) in [6, 6.07) is 8.07. The van der Waals surface area contributed by atoms with Crippen LogP contribution in [0.25, 0.3) is 6.08 Å². The molecule has 1 aromatic carbocycles. The summed E-state index contributed by atoms with van der Waals surface area (Å²) in [4.78, 5) is 15.3. The Hall–Kier alpha value is -2.82. The molecule has 4 rings (SSSR count). The molecule has 0 bridgehead atoms. The van der Waals surface area contributed by atoms with Gasteiger partial charge in [0.2, 0.25) is 0 Å². The highest BCUT2D eigenvalue weighted by atomic mass is 16.5. The Morgan fingerprint density at radius 1 is 1.31 bits per heavy atom. The van der Waals surface area contributed by atoms with Crippen LogP contribution >= 0.6 is 0 Å². The molecular formula is C21H23N3O2. The van der Waals surface area contributed by atoms with E-state index in [1.807, 2.05) is 53.9 Å². The number of aromatic nitrogens is 2.